The average Bonchev–Trinajstić information content (AvgIpc) is 3.42. The maximum atomic E-state index is 12.9. The number of likely N-dealkylation sites (tertiary alicyclic amines) is 2. The molecule has 0 bridgehead atoms. The summed E-state index contributed by atoms with van der Waals surface area (Å²) in [4.78, 5) is 17.5. The lowest BCUT2D eigenvalue weighted by molar-refractivity contribution is 0.0735. The summed E-state index contributed by atoms with van der Waals surface area (Å²) in [5.41, 5.74) is 0.673. The summed E-state index contributed by atoms with van der Waals surface area (Å²) in [5, 5.41) is 0. The number of methoxy groups -OCH3 is 1. The van der Waals surface area contributed by atoms with Gasteiger partial charge in [0, 0.05) is 44.0 Å². The normalized spacial score (nSPS) is 24.3. The fourth-order valence-electron chi connectivity index (χ4n) is 4.34. The van der Waals surface area contributed by atoms with E-state index in [1.54, 1.807) is 7.11 Å². The number of benzene rings is 1. The van der Waals surface area contributed by atoms with Crippen molar-refractivity contribution in [3.63, 3.8) is 0 Å². The van der Waals surface area contributed by atoms with Crippen LogP contribution in [0.25, 0.3) is 0 Å². The Labute approximate surface area is 166 Å². The molecule has 3 aliphatic heterocycles. The molecule has 0 radical (unpaired) electrons. The molecular weight excluding hydrogens is 360 g/mol. The maximum Gasteiger partial charge on any atom is 0.257 e. The summed E-state index contributed by atoms with van der Waals surface area (Å²) < 4.78 is 11.7. The van der Waals surface area contributed by atoms with Crippen LogP contribution in [0, 0.1) is 0 Å². The van der Waals surface area contributed by atoms with Gasteiger partial charge in [0.1, 0.15) is 17.6 Å². The topological polar surface area (TPSA) is 42.0 Å². The van der Waals surface area contributed by atoms with Gasteiger partial charge in [0.05, 0.1) is 12.7 Å². The monoisotopic (exact) mass is 390 g/mol. The molecule has 5 nitrogen and oxygen atoms in total. The molecule has 3 aliphatic rings. The number of hydrogen-bond acceptors (Lipinski definition) is 5. The highest BCUT2D eigenvalue weighted by molar-refractivity contribution is 7.99. The molecule has 0 aliphatic carbocycles. The first-order valence-corrected chi connectivity index (χ1v) is 11.4. The molecule has 1 aromatic carbocycles. The molecule has 3 heterocycles. The van der Waals surface area contributed by atoms with Gasteiger partial charge in [0.2, 0.25) is 0 Å². The fourth-order valence-corrected chi connectivity index (χ4v) is 5.60. The lowest BCUT2D eigenvalue weighted by Crippen LogP contribution is -2.44. The van der Waals surface area contributed by atoms with Crippen LogP contribution in [0.5, 0.6) is 11.5 Å². The molecule has 6 heteroatoms. The maximum absolute atomic E-state index is 12.9. The molecule has 1 aromatic rings. The molecule has 3 saturated heterocycles. The highest BCUT2D eigenvalue weighted by Crippen LogP contribution is 2.31. The Hall–Kier alpha value is -1.40. The van der Waals surface area contributed by atoms with Crippen molar-refractivity contribution in [1.82, 2.24) is 9.80 Å². The Balaban J connectivity index is 1.43. The molecule has 1 amide bonds. The number of carbonyl (C=O) groups excluding carboxylic acids is 1. The van der Waals surface area contributed by atoms with Crippen molar-refractivity contribution in [2.45, 2.75) is 44.2 Å². The predicted molar refractivity (Wildman–Crippen MR) is 109 cm³/mol. The van der Waals surface area contributed by atoms with Crippen LogP contribution in [0.1, 0.15) is 42.5 Å². The Kier molecular flexibility index (Phi) is 6.13. The molecule has 0 N–H and O–H groups in total. The number of ether oxygens (including phenoxy) is 2. The highest BCUT2D eigenvalue weighted by atomic mass is 32.2. The molecule has 1 unspecified atom stereocenters. The zero-order valence-corrected chi connectivity index (χ0v) is 17.0. The quantitative estimate of drug-likeness (QED) is 0.772. The first kappa shape index (κ1) is 18.9. The Morgan fingerprint density at radius 1 is 1.11 bits per heavy atom. The molecule has 3 fully saturated rings. The van der Waals surface area contributed by atoms with Crippen LogP contribution >= 0.6 is 11.8 Å². The van der Waals surface area contributed by atoms with Crippen molar-refractivity contribution in [3.8, 4) is 11.5 Å². The van der Waals surface area contributed by atoms with Crippen LogP contribution in [0.3, 0.4) is 0 Å². The van der Waals surface area contributed by atoms with Crippen molar-refractivity contribution in [2.75, 3.05) is 44.8 Å². The van der Waals surface area contributed by atoms with Crippen LogP contribution in [0.2, 0.25) is 0 Å². The fraction of sp³-hybridized carbons (Fsp3) is 0.667. The van der Waals surface area contributed by atoms with Gasteiger partial charge in [-0.05, 0) is 50.0 Å². The molecule has 4 rings (SSSR count). The number of hydrogen-bond donors (Lipinski definition) is 0. The highest BCUT2D eigenvalue weighted by Gasteiger charge is 2.29. The van der Waals surface area contributed by atoms with E-state index in [0.29, 0.717) is 11.3 Å². The van der Waals surface area contributed by atoms with Gasteiger partial charge in [-0.25, -0.2) is 0 Å². The van der Waals surface area contributed by atoms with Gasteiger partial charge in [-0.15, -0.1) is 0 Å². The predicted octanol–water partition coefficient (Wildman–Crippen LogP) is 3.28. The second-order valence-electron chi connectivity index (χ2n) is 7.73. The van der Waals surface area contributed by atoms with Gasteiger partial charge in [-0.3, -0.25) is 9.69 Å². The molecular formula is C21H30N2O3S. The minimum Gasteiger partial charge on any atom is -0.497 e. The van der Waals surface area contributed by atoms with Crippen LogP contribution in [0.15, 0.2) is 18.2 Å². The minimum atomic E-state index is 0.0885. The SMILES string of the molecule is COc1ccc(C(=O)N2CCCC2)c(OC2CCN(C3CCSC3)CC2)c1. The van der Waals surface area contributed by atoms with Gasteiger partial charge in [0.15, 0.2) is 0 Å². The van der Waals surface area contributed by atoms with E-state index >= 15 is 0 Å². The van der Waals surface area contributed by atoms with E-state index in [1.807, 2.05) is 23.1 Å². The summed E-state index contributed by atoms with van der Waals surface area (Å²) in [7, 11) is 1.65. The summed E-state index contributed by atoms with van der Waals surface area (Å²) in [6.07, 6.45) is 5.73. The van der Waals surface area contributed by atoms with Crippen molar-refractivity contribution in [1.29, 1.82) is 0 Å². The van der Waals surface area contributed by atoms with Gasteiger partial charge in [-0.1, -0.05) is 0 Å². The number of piperidine rings is 1. The largest absolute Gasteiger partial charge is 0.497 e. The van der Waals surface area contributed by atoms with Gasteiger partial charge in [0.25, 0.3) is 5.91 Å². The third-order valence-corrected chi connectivity index (χ3v) is 7.15. The number of rotatable bonds is 5. The van der Waals surface area contributed by atoms with Crippen molar-refractivity contribution in [2.24, 2.45) is 0 Å². The Morgan fingerprint density at radius 2 is 1.89 bits per heavy atom. The van der Waals surface area contributed by atoms with Gasteiger partial charge >= 0.3 is 0 Å². The van der Waals surface area contributed by atoms with Crippen molar-refractivity contribution < 1.29 is 14.3 Å². The molecule has 148 valence electrons. The summed E-state index contributed by atoms with van der Waals surface area (Å²) in [5.74, 6) is 4.08. The number of thioether (sulfide) groups is 1. The van der Waals surface area contributed by atoms with E-state index in [0.717, 1.165) is 63.7 Å². The second-order valence-corrected chi connectivity index (χ2v) is 8.88. The summed E-state index contributed by atoms with van der Waals surface area (Å²) >= 11 is 2.07. The van der Waals surface area contributed by atoms with E-state index < -0.39 is 0 Å². The minimum absolute atomic E-state index is 0.0885. The Bertz CT molecular complexity index is 649. The van der Waals surface area contributed by atoms with Crippen LogP contribution in [-0.4, -0.2) is 72.6 Å². The second kappa shape index (κ2) is 8.74. The van der Waals surface area contributed by atoms with Crippen LogP contribution < -0.4 is 9.47 Å². The molecule has 0 spiro atoms. The van der Waals surface area contributed by atoms with Crippen molar-refractivity contribution in [3.05, 3.63) is 23.8 Å². The first-order valence-electron chi connectivity index (χ1n) is 10.2. The smallest absolute Gasteiger partial charge is 0.257 e. The van der Waals surface area contributed by atoms with Gasteiger partial charge < -0.3 is 14.4 Å². The zero-order chi connectivity index (χ0) is 18.6. The van der Waals surface area contributed by atoms with Crippen LogP contribution in [-0.2, 0) is 0 Å². The summed E-state index contributed by atoms with van der Waals surface area (Å²) in [6.45, 7) is 3.88. The number of carbonyl (C=O) groups is 1. The molecule has 0 saturated carbocycles. The lowest BCUT2D eigenvalue weighted by Gasteiger charge is -2.36. The molecule has 27 heavy (non-hydrogen) atoms. The third kappa shape index (κ3) is 4.37. The first-order chi connectivity index (χ1) is 13.2. The van der Waals surface area contributed by atoms with Crippen LogP contribution in [0.4, 0.5) is 0 Å². The molecule has 0 aromatic heterocycles. The summed E-state index contributed by atoms with van der Waals surface area (Å²) in [6, 6.07) is 6.35. The lowest BCUT2D eigenvalue weighted by atomic mass is 10.0. The zero-order valence-electron chi connectivity index (χ0n) is 16.2. The van der Waals surface area contributed by atoms with E-state index in [4.69, 9.17) is 9.47 Å². The standard InChI is InChI=1S/C21H30N2O3S/c1-25-18-4-5-19(21(24)23-9-2-3-10-23)20(14-18)26-17-6-11-22(12-7-17)16-8-13-27-15-16/h4-5,14,16-17H,2-3,6-13,15H2,1H3. The third-order valence-electron chi connectivity index (χ3n) is 6.00. The Morgan fingerprint density at radius 3 is 2.56 bits per heavy atom. The van der Waals surface area contributed by atoms with E-state index in [1.165, 1.54) is 17.9 Å². The van der Waals surface area contributed by atoms with Crippen molar-refractivity contribution >= 4 is 17.7 Å². The van der Waals surface area contributed by atoms with E-state index in [2.05, 4.69) is 16.7 Å². The van der Waals surface area contributed by atoms with E-state index in [-0.39, 0.29) is 12.0 Å². The average molecular weight is 391 g/mol. The van der Waals surface area contributed by atoms with Gasteiger partial charge in [-0.2, -0.15) is 11.8 Å². The molecule has 1 atom stereocenters. The number of amides is 1. The number of nitrogens with zero attached hydrogens (tertiary/aromatic N) is 2. The van der Waals surface area contributed by atoms with E-state index in [9.17, 15) is 4.79 Å².